The molecule has 2 rings (SSSR count). The maximum absolute atomic E-state index is 11.9. The second-order valence-corrected chi connectivity index (χ2v) is 4.07. The number of pyridine rings is 1. The van der Waals surface area contributed by atoms with Crippen LogP contribution in [0.15, 0.2) is 48.5 Å². The summed E-state index contributed by atoms with van der Waals surface area (Å²) in [5.74, 6) is -3.13. The number of aromatic nitrogens is 2. The summed E-state index contributed by atoms with van der Waals surface area (Å²) in [4.78, 5) is 29.3. The number of aromatic amines is 1. The van der Waals surface area contributed by atoms with Crippen molar-refractivity contribution in [3.05, 3.63) is 65.4 Å². The van der Waals surface area contributed by atoms with E-state index in [1.54, 1.807) is 24.5 Å². The van der Waals surface area contributed by atoms with E-state index in [-0.39, 0.29) is 5.69 Å². The lowest BCUT2D eigenvalue weighted by atomic mass is 10.1. The second-order valence-electron chi connectivity index (χ2n) is 4.07. The van der Waals surface area contributed by atoms with Gasteiger partial charge < -0.3 is 15.2 Å². The Kier molecular flexibility index (Phi) is 3.95. The van der Waals surface area contributed by atoms with Crippen molar-refractivity contribution in [1.82, 2.24) is 9.97 Å². The van der Waals surface area contributed by atoms with Gasteiger partial charge in [0.1, 0.15) is 0 Å². The van der Waals surface area contributed by atoms with E-state index in [0.717, 1.165) is 5.69 Å². The van der Waals surface area contributed by atoms with E-state index < -0.39 is 17.5 Å². The van der Waals surface area contributed by atoms with E-state index in [1.807, 2.05) is 12.1 Å². The molecule has 0 bridgehead atoms. The van der Waals surface area contributed by atoms with Crippen molar-refractivity contribution in [2.24, 2.45) is 0 Å². The molecule has 2 heterocycles. The van der Waals surface area contributed by atoms with Gasteiger partial charge in [-0.2, -0.15) is 0 Å². The zero-order valence-corrected chi connectivity index (χ0v) is 10.4. The van der Waals surface area contributed by atoms with E-state index in [4.69, 9.17) is 10.2 Å². The molecule has 0 saturated carbocycles. The molecule has 0 radical (unpaired) electrons. The molecule has 0 fully saturated rings. The molecule has 6 nitrogen and oxygen atoms in total. The number of rotatable bonds is 5. The maximum Gasteiger partial charge on any atom is 0.371 e. The number of carbonyl (C=O) groups is 2. The molecular formula is C14H12N2O4. The van der Waals surface area contributed by atoms with Crippen LogP contribution in [0, 0.1) is 0 Å². The molecule has 0 aliphatic rings. The molecule has 2 aromatic rings. The van der Waals surface area contributed by atoms with Gasteiger partial charge in [-0.15, -0.1) is 0 Å². The Bertz CT molecular complexity index is 659. The molecule has 0 unspecified atom stereocenters. The third-order valence-corrected chi connectivity index (χ3v) is 2.66. The predicted octanol–water partition coefficient (Wildman–Crippen LogP) is 1.71. The number of aliphatic hydroxyl groups is 1. The Morgan fingerprint density at radius 3 is 2.70 bits per heavy atom. The molecular weight excluding hydrogens is 260 g/mol. The Morgan fingerprint density at radius 2 is 2.05 bits per heavy atom. The zero-order chi connectivity index (χ0) is 14.5. The number of carboxylic acids is 1. The standard InChI is InChI=1S/C14H12N2O4/c17-11(8-12(18)14(19)20)13-9(4-6-16-13)7-10-3-1-2-5-15-10/h1-6,8,16,18H,7H2,(H,19,20)/b12-8-. The van der Waals surface area contributed by atoms with Crippen molar-refractivity contribution < 1.29 is 19.8 Å². The monoisotopic (exact) mass is 272 g/mol. The van der Waals surface area contributed by atoms with Gasteiger partial charge in [0, 0.05) is 30.6 Å². The van der Waals surface area contributed by atoms with E-state index in [9.17, 15) is 9.59 Å². The fourth-order valence-corrected chi connectivity index (χ4v) is 1.73. The van der Waals surface area contributed by atoms with Crippen LogP contribution in [0.5, 0.6) is 0 Å². The van der Waals surface area contributed by atoms with Crippen LogP contribution >= 0.6 is 0 Å². The minimum atomic E-state index is -1.55. The number of allylic oxidation sites excluding steroid dienone is 1. The minimum Gasteiger partial charge on any atom is -0.502 e. The molecule has 0 aliphatic heterocycles. The summed E-state index contributed by atoms with van der Waals surface area (Å²) in [6.07, 6.45) is 4.35. The van der Waals surface area contributed by atoms with Gasteiger partial charge in [0.05, 0.1) is 5.69 Å². The first kappa shape index (κ1) is 13.5. The average Bonchev–Trinajstić information content (AvgIpc) is 2.88. The molecule has 3 N–H and O–H groups in total. The topological polar surface area (TPSA) is 103 Å². The van der Waals surface area contributed by atoms with Crippen molar-refractivity contribution in [3.8, 4) is 0 Å². The lowest BCUT2D eigenvalue weighted by molar-refractivity contribution is -0.135. The normalized spacial score (nSPS) is 11.3. The number of nitrogens with one attached hydrogen (secondary N) is 1. The van der Waals surface area contributed by atoms with E-state index in [0.29, 0.717) is 18.1 Å². The number of hydrogen-bond acceptors (Lipinski definition) is 4. The molecule has 0 spiro atoms. The van der Waals surface area contributed by atoms with Crippen LogP contribution < -0.4 is 0 Å². The quantitative estimate of drug-likeness (QED) is 0.436. The van der Waals surface area contributed by atoms with Gasteiger partial charge in [-0.1, -0.05) is 6.07 Å². The fourth-order valence-electron chi connectivity index (χ4n) is 1.73. The predicted molar refractivity (Wildman–Crippen MR) is 70.5 cm³/mol. The lowest BCUT2D eigenvalue weighted by Gasteiger charge is -2.01. The van der Waals surface area contributed by atoms with Crippen LogP contribution in [0.3, 0.4) is 0 Å². The molecule has 0 aliphatic carbocycles. The van der Waals surface area contributed by atoms with Crippen LogP contribution in [0.1, 0.15) is 21.7 Å². The van der Waals surface area contributed by atoms with Crippen LogP contribution in [0.2, 0.25) is 0 Å². The number of hydrogen-bond donors (Lipinski definition) is 3. The summed E-state index contributed by atoms with van der Waals surface area (Å²) >= 11 is 0. The molecule has 0 saturated heterocycles. The van der Waals surface area contributed by atoms with Gasteiger partial charge in [0.15, 0.2) is 0 Å². The lowest BCUT2D eigenvalue weighted by Crippen LogP contribution is -2.06. The van der Waals surface area contributed by atoms with Crippen LogP contribution in [-0.4, -0.2) is 31.9 Å². The highest BCUT2D eigenvalue weighted by Gasteiger charge is 2.14. The molecule has 102 valence electrons. The molecule has 0 amide bonds. The maximum atomic E-state index is 11.9. The number of nitrogens with zero attached hydrogens (tertiary/aromatic N) is 1. The van der Waals surface area contributed by atoms with Crippen molar-refractivity contribution in [2.45, 2.75) is 6.42 Å². The summed E-state index contributed by atoms with van der Waals surface area (Å²) in [6.45, 7) is 0. The Labute approximate surface area is 114 Å². The van der Waals surface area contributed by atoms with Gasteiger partial charge in [0.2, 0.25) is 11.5 Å². The highest BCUT2D eigenvalue weighted by atomic mass is 16.4. The molecule has 6 heteroatoms. The highest BCUT2D eigenvalue weighted by molar-refractivity contribution is 6.07. The minimum absolute atomic E-state index is 0.239. The third kappa shape index (κ3) is 3.11. The van der Waals surface area contributed by atoms with E-state index in [1.165, 1.54) is 0 Å². The average molecular weight is 272 g/mol. The summed E-state index contributed by atoms with van der Waals surface area (Å²) in [5.41, 5.74) is 1.71. The molecule has 20 heavy (non-hydrogen) atoms. The Balaban J connectivity index is 2.23. The first-order chi connectivity index (χ1) is 9.58. The van der Waals surface area contributed by atoms with Gasteiger partial charge in [0.25, 0.3) is 0 Å². The van der Waals surface area contributed by atoms with Gasteiger partial charge in [-0.05, 0) is 23.8 Å². The Morgan fingerprint density at radius 1 is 1.25 bits per heavy atom. The van der Waals surface area contributed by atoms with E-state index >= 15 is 0 Å². The number of aliphatic carboxylic acids is 1. The van der Waals surface area contributed by atoms with Crippen LogP contribution in [0.4, 0.5) is 0 Å². The first-order valence-electron chi connectivity index (χ1n) is 5.82. The highest BCUT2D eigenvalue weighted by Crippen LogP contribution is 2.13. The SMILES string of the molecule is O=C(O)/C(O)=C/C(=O)c1[nH]ccc1Cc1ccccn1. The number of ketones is 1. The molecule has 2 aromatic heterocycles. The van der Waals surface area contributed by atoms with Gasteiger partial charge >= 0.3 is 5.97 Å². The number of carboxylic acid groups (broad SMARTS) is 1. The molecule has 0 atom stereocenters. The van der Waals surface area contributed by atoms with Gasteiger partial charge in [-0.3, -0.25) is 9.78 Å². The largest absolute Gasteiger partial charge is 0.502 e. The fraction of sp³-hybridized carbons (Fsp3) is 0.0714. The van der Waals surface area contributed by atoms with Gasteiger partial charge in [-0.25, -0.2) is 4.79 Å². The van der Waals surface area contributed by atoms with Crippen molar-refractivity contribution in [1.29, 1.82) is 0 Å². The van der Waals surface area contributed by atoms with E-state index in [2.05, 4.69) is 9.97 Å². The summed E-state index contributed by atoms with van der Waals surface area (Å²) in [5, 5.41) is 17.6. The van der Waals surface area contributed by atoms with Crippen LogP contribution in [0.25, 0.3) is 0 Å². The number of H-pyrrole nitrogens is 1. The smallest absolute Gasteiger partial charge is 0.371 e. The van der Waals surface area contributed by atoms with Crippen molar-refractivity contribution in [3.63, 3.8) is 0 Å². The Hall–Kier alpha value is -2.89. The third-order valence-electron chi connectivity index (χ3n) is 2.66. The summed E-state index contributed by atoms with van der Waals surface area (Å²) < 4.78 is 0. The zero-order valence-electron chi connectivity index (χ0n) is 10.4. The van der Waals surface area contributed by atoms with Crippen molar-refractivity contribution >= 4 is 11.8 Å². The first-order valence-corrected chi connectivity index (χ1v) is 5.82. The number of carbonyl (C=O) groups excluding carboxylic acids is 1. The molecule has 0 aromatic carbocycles. The summed E-state index contributed by atoms with van der Waals surface area (Å²) in [7, 11) is 0. The van der Waals surface area contributed by atoms with Crippen molar-refractivity contribution in [2.75, 3.05) is 0 Å². The van der Waals surface area contributed by atoms with Crippen LogP contribution in [-0.2, 0) is 11.2 Å². The summed E-state index contributed by atoms with van der Waals surface area (Å²) in [6, 6.07) is 7.17. The second kappa shape index (κ2) is 5.83. The number of aliphatic hydroxyl groups excluding tert-OH is 1.